The molecule has 0 fully saturated rings. The van der Waals surface area contributed by atoms with Crippen LogP contribution >= 0.6 is 36.1 Å². The molecule has 1 atom stereocenters. The molecule has 1 aromatic carbocycles. The molecule has 0 radical (unpaired) electrons. The monoisotopic (exact) mass is 620 g/mol. The van der Waals surface area contributed by atoms with Crippen molar-refractivity contribution in [3.63, 3.8) is 0 Å². The summed E-state index contributed by atoms with van der Waals surface area (Å²) >= 11 is 2.01. The molecule has 4 aromatic rings. The largest absolute Gasteiger partial charge is 0.479 e. The zero-order chi connectivity index (χ0) is 24.6. The SMILES string of the molecule is CCOC(=O)c1cnn(-c2nc(OC)c3c(n2)c(I)nn3[C@@H](C)c2ccc(C(F)(F)F)cc2)c1.S. The summed E-state index contributed by atoms with van der Waals surface area (Å²) in [5, 5.41) is 8.67. The summed E-state index contributed by atoms with van der Waals surface area (Å²) < 4.78 is 52.7. The Bertz CT molecular complexity index is 1360. The highest BCUT2D eigenvalue weighted by Gasteiger charge is 2.30. The van der Waals surface area contributed by atoms with Gasteiger partial charge in [0.1, 0.15) is 9.22 Å². The molecule has 9 nitrogen and oxygen atoms in total. The molecule has 14 heteroatoms. The number of methoxy groups -OCH3 is 1. The number of rotatable bonds is 6. The standard InChI is InChI=1S/C21H18F3IN6O3.H2S/c1-4-34-19(32)13-9-26-30(10-13)20-27-15-16(18(28-20)33-3)31(29-17(15)25)11(2)12-5-7-14(8-6-12)21(22,23)24;/h5-11H,4H2,1-3H3;1H2/t11-;/m0./s1. The maximum atomic E-state index is 12.9. The Labute approximate surface area is 218 Å². The van der Waals surface area contributed by atoms with Crippen molar-refractivity contribution in [2.75, 3.05) is 13.7 Å². The maximum absolute atomic E-state index is 12.9. The summed E-state index contributed by atoms with van der Waals surface area (Å²) in [6, 6.07) is 4.46. The number of ether oxygens (including phenoxy) is 2. The van der Waals surface area contributed by atoms with Crippen LogP contribution in [-0.4, -0.2) is 49.2 Å². The van der Waals surface area contributed by atoms with E-state index in [2.05, 4.69) is 20.2 Å². The van der Waals surface area contributed by atoms with Crippen molar-refractivity contribution in [3.8, 4) is 11.8 Å². The maximum Gasteiger partial charge on any atom is 0.416 e. The van der Waals surface area contributed by atoms with Crippen molar-refractivity contribution in [2.45, 2.75) is 26.1 Å². The zero-order valence-corrected chi connectivity index (χ0v) is 21.8. The number of alkyl halides is 3. The predicted octanol–water partition coefficient (Wildman–Crippen LogP) is 4.54. The molecule has 4 rings (SSSR count). The van der Waals surface area contributed by atoms with Crippen LogP contribution in [0.2, 0.25) is 0 Å². The number of benzene rings is 1. The van der Waals surface area contributed by atoms with Crippen LogP contribution in [0.25, 0.3) is 17.0 Å². The number of hydrogen-bond donors (Lipinski definition) is 0. The second kappa shape index (κ2) is 10.4. The Morgan fingerprint density at radius 2 is 1.89 bits per heavy atom. The van der Waals surface area contributed by atoms with Gasteiger partial charge < -0.3 is 9.47 Å². The van der Waals surface area contributed by atoms with Gasteiger partial charge in [-0.3, -0.25) is 0 Å². The van der Waals surface area contributed by atoms with Crippen LogP contribution in [0.1, 0.15) is 41.4 Å². The lowest BCUT2D eigenvalue weighted by atomic mass is 10.1. The van der Waals surface area contributed by atoms with Gasteiger partial charge in [0.15, 0.2) is 5.52 Å². The molecule has 186 valence electrons. The lowest BCUT2D eigenvalue weighted by Crippen LogP contribution is -2.11. The average molecular weight is 620 g/mol. The van der Waals surface area contributed by atoms with E-state index in [9.17, 15) is 18.0 Å². The minimum absolute atomic E-state index is 0. The number of aromatic nitrogens is 6. The third kappa shape index (κ3) is 5.22. The van der Waals surface area contributed by atoms with Crippen LogP contribution in [-0.2, 0) is 10.9 Å². The van der Waals surface area contributed by atoms with Gasteiger partial charge in [-0.15, -0.1) is 0 Å². The highest BCUT2D eigenvalue weighted by molar-refractivity contribution is 14.1. The van der Waals surface area contributed by atoms with Crippen molar-refractivity contribution in [3.05, 3.63) is 57.1 Å². The summed E-state index contributed by atoms with van der Waals surface area (Å²) in [7, 11) is 1.44. The molecule has 0 bridgehead atoms. The Balaban J connectivity index is 0.00000342. The van der Waals surface area contributed by atoms with E-state index in [0.717, 1.165) is 12.1 Å². The molecule has 0 amide bonds. The first kappa shape index (κ1) is 26.7. The first-order valence-electron chi connectivity index (χ1n) is 10.0. The van der Waals surface area contributed by atoms with E-state index in [-0.39, 0.29) is 37.5 Å². The fourth-order valence-electron chi connectivity index (χ4n) is 3.33. The van der Waals surface area contributed by atoms with Gasteiger partial charge in [0.25, 0.3) is 5.95 Å². The van der Waals surface area contributed by atoms with E-state index in [0.29, 0.717) is 20.3 Å². The lowest BCUT2D eigenvalue weighted by Gasteiger charge is -2.16. The van der Waals surface area contributed by atoms with Gasteiger partial charge >= 0.3 is 12.1 Å². The topological polar surface area (TPSA) is 96.9 Å². The van der Waals surface area contributed by atoms with Crippen molar-refractivity contribution in [1.29, 1.82) is 0 Å². The Kier molecular flexibility index (Phi) is 7.93. The molecule has 3 aromatic heterocycles. The van der Waals surface area contributed by atoms with Crippen LogP contribution in [0, 0.1) is 3.70 Å². The summed E-state index contributed by atoms with van der Waals surface area (Å²) in [5.41, 5.74) is 1.07. The molecule has 0 spiro atoms. The quantitative estimate of drug-likeness (QED) is 0.231. The average Bonchev–Trinajstić information content (AvgIpc) is 3.43. The Morgan fingerprint density at radius 3 is 2.49 bits per heavy atom. The van der Waals surface area contributed by atoms with Gasteiger partial charge in [0.05, 0.1) is 37.1 Å². The molecule has 3 heterocycles. The van der Waals surface area contributed by atoms with Crippen LogP contribution in [0.3, 0.4) is 0 Å². The van der Waals surface area contributed by atoms with Crippen molar-refractivity contribution in [1.82, 2.24) is 29.5 Å². The second-order valence-electron chi connectivity index (χ2n) is 7.16. The third-order valence-corrected chi connectivity index (χ3v) is 5.77. The first-order chi connectivity index (χ1) is 16.1. The molecule has 0 aliphatic carbocycles. The minimum atomic E-state index is -4.41. The van der Waals surface area contributed by atoms with Gasteiger partial charge in [0, 0.05) is 6.20 Å². The van der Waals surface area contributed by atoms with Crippen LogP contribution in [0.5, 0.6) is 5.88 Å². The first-order valence-corrected chi connectivity index (χ1v) is 11.1. The lowest BCUT2D eigenvalue weighted by molar-refractivity contribution is -0.137. The number of esters is 1. The molecule has 0 saturated heterocycles. The minimum Gasteiger partial charge on any atom is -0.479 e. The fraction of sp³-hybridized carbons (Fsp3) is 0.286. The van der Waals surface area contributed by atoms with E-state index < -0.39 is 23.8 Å². The van der Waals surface area contributed by atoms with Gasteiger partial charge in [-0.2, -0.15) is 41.8 Å². The Morgan fingerprint density at radius 1 is 1.20 bits per heavy atom. The van der Waals surface area contributed by atoms with Gasteiger partial charge in [-0.05, 0) is 54.1 Å². The van der Waals surface area contributed by atoms with Crippen LogP contribution in [0.4, 0.5) is 13.2 Å². The molecule has 0 aliphatic heterocycles. The number of carbonyl (C=O) groups excluding carboxylic acids is 1. The summed E-state index contributed by atoms with van der Waals surface area (Å²) in [5.74, 6) is -0.170. The molecular formula is C21H20F3IN6O3S. The van der Waals surface area contributed by atoms with Crippen molar-refractivity contribution in [2.24, 2.45) is 0 Å². The normalized spacial score (nSPS) is 12.3. The summed E-state index contributed by atoms with van der Waals surface area (Å²) in [6.45, 7) is 3.74. The summed E-state index contributed by atoms with van der Waals surface area (Å²) in [6.07, 6.45) is -1.62. The van der Waals surface area contributed by atoms with Gasteiger partial charge in [-0.25, -0.2) is 19.1 Å². The third-order valence-electron chi connectivity index (χ3n) is 5.04. The highest BCUT2D eigenvalue weighted by Crippen LogP contribution is 2.33. The highest BCUT2D eigenvalue weighted by atomic mass is 127. The fourth-order valence-corrected chi connectivity index (χ4v) is 3.94. The number of fused-ring (bicyclic) bond motifs is 1. The molecule has 0 N–H and O–H groups in total. The van der Waals surface area contributed by atoms with Crippen LogP contribution < -0.4 is 4.74 Å². The molecule has 0 aliphatic rings. The van der Waals surface area contributed by atoms with Gasteiger partial charge in [-0.1, -0.05) is 12.1 Å². The molecule has 0 saturated carbocycles. The van der Waals surface area contributed by atoms with Crippen molar-refractivity contribution >= 4 is 53.1 Å². The predicted molar refractivity (Wildman–Crippen MR) is 133 cm³/mol. The smallest absolute Gasteiger partial charge is 0.416 e. The molecule has 0 unspecified atom stereocenters. The number of nitrogens with zero attached hydrogens (tertiary/aromatic N) is 6. The van der Waals surface area contributed by atoms with E-state index in [1.807, 2.05) is 22.6 Å². The summed E-state index contributed by atoms with van der Waals surface area (Å²) in [4.78, 5) is 20.9. The van der Waals surface area contributed by atoms with E-state index in [1.54, 1.807) is 18.5 Å². The molecule has 35 heavy (non-hydrogen) atoms. The number of halogens is 4. The number of carbonyl (C=O) groups is 1. The molecular weight excluding hydrogens is 600 g/mol. The van der Waals surface area contributed by atoms with Gasteiger partial charge in [0.2, 0.25) is 5.88 Å². The zero-order valence-electron chi connectivity index (χ0n) is 18.7. The van der Waals surface area contributed by atoms with E-state index in [1.165, 1.54) is 36.3 Å². The van der Waals surface area contributed by atoms with E-state index in [4.69, 9.17) is 9.47 Å². The van der Waals surface area contributed by atoms with E-state index >= 15 is 0 Å². The van der Waals surface area contributed by atoms with Crippen LogP contribution in [0.15, 0.2) is 36.7 Å². The number of hydrogen-bond acceptors (Lipinski definition) is 7. The second-order valence-corrected chi connectivity index (χ2v) is 8.18. The van der Waals surface area contributed by atoms with Crippen molar-refractivity contribution < 1.29 is 27.4 Å². The Hall–Kier alpha value is -2.88.